The lowest BCUT2D eigenvalue weighted by molar-refractivity contribution is 0.0159. The summed E-state index contributed by atoms with van der Waals surface area (Å²) in [6, 6.07) is 13.8. The Labute approximate surface area is 135 Å². The molecular weight excluding hydrogens is 303 g/mol. The summed E-state index contributed by atoms with van der Waals surface area (Å²) in [5, 5.41) is 12.3. The third-order valence-electron chi connectivity index (χ3n) is 4.50. The summed E-state index contributed by atoms with van der Waals surface area (Å²) < 4.78 is 0. The number of benzene rings is 2. The molecule has 0 saturated carbocycles. The van der Waals surface area contributed by atoms with E-state index < -0.39 is 5.60 Å². The maximum Gasteiger partial charge on any atom is 0.0940 e. The van der Waals surface area contributed by atoms with E-state index in [-0.39, 0.29) is 0 Å². The number of fused-ring (bicyclic) bond motifs is 1. The second kappa shape index (κ2) is 5.64. The van der Waals surface area contributed by atoms with Crippen molar-refractivity contribution in [2.24, 2.45) is 0 Å². The fourth-order valence-electron chi connectivity index (χ4n) is 3.28. The molecule has 0 fully saturated rings. The van der Waals surface area contributed by atoms with E-state index in [1.165, 1.54) is 5.56 Å². The van der Waals surface area contributed by atoms with Crippen molar-refractivity contribution in [2.75, 3.05) is 0 Å². The zero-order valence-electron chi connectivity index (χ0n) is 11.9. The average molecular weight is 321 g/mol. The van der Waals surface area contributed by atoms with Gasteiger partial charge < -0.3 is 5.11 Å². The van der Waals surface area contributed by atoms with Crippen molar-refractivity contribution in [1.82, 2.24) is 0 Å². The third kappa shape index (κ3) is 2.70. The number of aliphatic hydroxyl groups is 1. The molecule has 1 N–H and O–H groups in total. The molecular formula is C18H18Cl2O. The van der Waals surface area contributed by atoms with Gasteiger partial charge in [-0.1, -0.05) is 66.5 Å². The predicted molar refractivity (Wildman–Crippen MR) is 88.2 cm³/mol. The molecule has 0 aliphatic heterocycles. The zero-order valence-corrected chi connectivity index (χ0v) is 13.5. The molecule has 3 heteroatoms. The van der Waals surface area contributed by atoms with Gasteiger partial charge in [0.15, 0.2) is 0 Å². The van der Waals surface area contributed by atoms with Gasteiger partial charge in [0.2, 0.25) is 0 Å². The van der Waals surface area contributed by atoms with E-state index in [1.807, 2.05) is 30.3 Å². The van der Waals surface area contributed by atoms with Crippen molar-refractivity contribution in [1.29, 1.82) is 0 Å². The van der Waals surface area contributed by atoms with Crippen LogP contribution in [0.15, 0.2) is 42.5 Å². The Bertz CT molecular complexity index is 668. The van der Waals surface area contributed by atoms with E-state index in [4.69, 9.17) is 23.2 Å². The maximum absolute atomic E-state index is 11.2. The first-order chi connectivity index (χ1) is 10.0. The Hall–Kier alpha value is -1.02. The molecule has 3 rings (SSSR count). The van der Waals surface area contributed by atoms with Crippen molar-refractivity contribution in [2.45, 2.75) is 37.7 Å². The van der Waals surface area contributed by atoms with E-state index in [0.717, 1.165) is 24.0 Å². The van der Waals surface area contributed by atoms with Crippen LogP contribution in [0.25, 0.3) is 0 Å². The topological polar surface area (TPSA) is 20.2 Å². The van der Waals surface area contributed by atoms with Crippen molar-refractivity contribution >= 4 is 23.2 Å². The summed E-state index contributed by atoms with van der Waals surface area (Å²) in [7, 11) is 0. The van der Waals surface area contributed by atoms with Crippen LogP contribution in [-0.2, 0) is 12.0 Å². The van der Waals surface area contributed by atoms with E-state index in [1.54, 1.807) is 6.07 Å². The second-order valence-electron chi connectivity index (χ2n) is 5.95. The van der Waals surface area contributed by atoms with Crippen LogP contribution in [0.2, 0.25) is 10.0 Å². The van der Waals surface area contributed by atoms with Gasteiger partial charge in [0.1, 0.15) is 0 Å². The molecule has 0 heterocycles. The molecule has 0 amide bonds. The highest BCUT2D eigenvalue weighted by molar-refractivity contribution is 6.42. The average Bonchev–Trinajstić information content (AvgIpc) is 2.49. The van der Waals surface area contributed by atoms with E-state index in [2.05, 4.69) is 13.0 Å². The van der Waals surface area contributed by atoms with Crippen LogP contribution < -0.4 is 0 Å². The van der Waals surface area contributed by atoms with Crippen LogP contribution in [0, 0.1) is 0 Å². The molecule has 0 radical (unpaired) electrons. The van der Waals surface area contributed by atoms with Crippen LogP contribution in [0.1, 0.15) is 42.4 Å². The molecule has 2 unspecified atom stereocenters. The molecule has 0 bridgehead atoms. The Morgan fingerprint density at radius 1 is 1.14 bits per heavy atom. The van der Waals surface area contributed by atoms with Crippen LogP contribution in [-0.4, -0.2) is 5.11 Å². The minimum absolute atomic E-state index is 0.483. The lowest BCUT2D eigenvalue weighted by Gasteiger charge is -2.37. The smallest absolute Gasteiger partial charge is 0.0940 e. The van der Waals surface area contributed by atoms with Gasteiger partial charge in [0.25, 0.3) is 0 Å². The van der Waals surface area contributed by atoms with Crippen LogP contribution in [0.5, 0.6) is 0 Å². The molecule has 110 valence electrons. The molecule has 0 aromatic heterocycles. The number of hydrogen-bond donors (Lipinski definition) is 1. The van der Waals surface area contributed by atoms with E-state index in [9.17, 15) is 5.11 Å². The summed E-state index contributed by atoms with van der Waals surface area (Å²) >= 11 is 12.4. The Balaban J connectivity index is 2.02. The minimum Gasteiger partial charge on any atom is -0.385 e. The second-order valence-corrected chi connectivity index (χ2v) is 6.73. The van der Waals surface area contributed by atoms with Gasteiger partial charge >= 0.3 is 0 Å². The summed E-state index contributed by atoms with van der Waals surface area (Å²) in [5.74, 6) is 0.483. The molecule has 21 heavy (non-hydrogen) atoms. The molecule has 1 nitrogen and oxygen atoms in total. The number of rotatable bonds is 2. The molecule has 1 aliphatic rings. The Morgan fingerprint density at radius 3 is 2.71 bits per heavy atom. The summed E-state index contributed by atoms with van der Waals surface area (Å²) in [4.78, 5) is 0. The SMILES string of the molecule is CC1CCC(O)(Cc2cccc(Cl)c2Cl)c2ccccc21. The monoisotopic (exact) mass is 320 g/mol. The quantitative estimate of drug-likeness (QED) is 0.793. The Morgan fingerprint density at radius 2 is 1.90 bits per heavy atom. The fourth-order valence-corrected chi connectivity index (χ4v) is 3.67. The highest BCUT2D eigenvalue weighted by Gasteiger charge is 2.37. The first-order valence-corrected chi connectivity index (χ1v) is 8.01. The molecule has 0 spiro atoms. The predicted octanol–water partition coefficient (Wildman–Crippen LogP) is 5.32. The van der Waals surface area contributed by atoms with Gasteiger partial charge in [-0.15, -0.1) is 0 Å². The van der Waals surface area contributed by atoms with Crippen LogP contribution in [0.4, 0.5) is 0 Å². The largest absolute Gasteiger partial charge is 0.385 e. The summed E-state index contributed by atoms with van der Waals surface area (Å²) in [5.41, 5.74) is 2.30. The van der Waals surface area contributed by atoms with Crippen molar-refractivity contribution in [3.05, 3.63) is 69.2 Å². The van der Waals surface area contributed by atoms with Gasteiger partial charge in [-0.25, -0.2) is 0 Å². The standard InChI is InChI=1S/C18H18Cl2O/c1-12-9-10-18(21,15-7-3-2-6-14(12)15)11-13-5-4-8-16(19)17(13)20/h2-8,12,21H,9-11H2,1H3. The lowest BCUT2D eigenvalue weighted by Crippen LogP contribution is -2.34. The fraction of sp³-hybridized carbons (Fsp3) is 0.333. The summed E-state index contributed by atoms with van der Waals surface area (Å²) in [6.07, 6.45) is 2.22. The van der Waals surface area contributed by atoms with Gasteiger partial charge in [-0.05, 0) is 41.5 Å². The van der Waals surface area contributed by atoms with Gasteiger partial charge in [-0.3, -0.25) is 0 Å². The number of hydrogen-bond acceptors (Lipinski definition) is 1. The molecule has 2 aromatic rings. The van der Waals surface area contributed by atoms with Crippen LogP contribution >= 0.6 is 23.2 Å². The van der Waals surface area contributed by atoms with E-state index in [0.29, 0.717) is 22.4 Å². The molecule has 1 aliphatic carbocycles. The van der Waals surface area contributed by atoms with Gasteiger partial charge in [0.05, 0.1) is 15.6 Å². The molecule has 2 aromatic carbocycles. The normalized spacial score (nSPS) is 24.7. The highest BCUT2D eigenvalue weighted by atomic mass is 35.5. The maximum atomic E-state index is 11.2. The van der Waals surface area contributed by atoms with Crippen LogP contribution in [0.3, 0.4) is 0 Å². The van der Waals surface area contributed by atoms with Gasteiger partial charge in [-0.2, -0.15) is 0 Å². The first-order valence-electron chi connectivity index (χ1n) is 7.26. The highest BCUT2D eigenvalue weighted by Crippen LogP contribution is 2.44. The Kier molecular flexibility index (Phi) is 4.00. The number of halogens is 2. The molecule has 0 saturated heterocycles. The zero-order chi connectivity index (χ0) is 15.0. The first kappa shape index (κ1) is 14.9. The van der Waals surface area contributed by atoms with Crippen molar-refractivity contribution in [3.63, 3.8) is 0 Å². The summed E-state index contributed by atoms with van der Waals surface area (Å²) in [6.45, 7) is 2.21. The van der Waals surface area contributed by atoms with Crippen molar-refractivity contribution in [3.8, 4) is 0 Å². The minimum atomic E-state index is -0.864. The van der Waals surface area contributed by atoms with Crippen molar-refractivity contribution < 1.29 is 5.11 Å². The van der Waals surface area contributed by atoms with Gasteiger partial charge in [0, 0.05) is 6.42 Å². The van der Waals surface area contributed by atoms with E-state index >= 15 is 0 Å². The lowest BCUT2D eigenvalue weighted by atomic mass is 9.72. The molecule has 2 atom stereocenters. The third-order valence-corrected chi connectivity index (χ3v) is 5.36.